The maximum Gasteiger partial charge on any atom is 0.323 e. The second-order valence-electron chi connectivity index (χ2n) is 3.39. The first kappa shape index (κ1) is 14.8. The summed E-state index contributed by atoms with van der Waals surface area (Å²) in [5, 5.41) is 28.4. The molecule has 0 fully saturated rings. The van der Waals surface area contributed by atoms with Crippen LogP contribution in [0, 0.1) is 10.1 Å². The third-order valence-electron chi connectivity index (χ3n) is 2.02. The number of pyridine rings is 1. The van der Waals surface area contributed by atoms with Crippen LogP contribution in [0.2, 0.25) is 0 Å². The van der Waals surface area contributed by atoms with Gasteiger partial charge in [-0.2, -0.15) is 0 Å². The molecule has 0 atom stereocenters. The summed E-state index contributed by atoms with van der Waals surface area (Å²) >= 11 is 3.00. The lowest BCUT2D eigenvalue weighted by atomic mass is 10.3. The van der Waals surface area contributed by atoms with E-state index in [9.17, 15) is 19.7 Å². The zero-order valence-electron chi connectivity index (χ0n) is 9.32. The Labute approximate surface area is 114 Å². The van der Waals surface area contributed by atoms with Crippen LogP contribution < -0.4 is 4.90 Å². The molecule has 19 heavy (non-hydrogen) atoms. The summed E-state index contributed by atoms with van der Waals surface area (Å²) in [7, 11) is 0. The fraction of sp³-hybridized carbons (Fsp3) is 0.222. The molecule has 1 aromatic heterocycles. The number of carboxylic acid groups (broad SMARTS) is 2. The maximum atomic E-state index is 10.9. The first-order valence-electron chi connectivity index (χ1n) is 4.79. The first-order valence-corrected chi connectivity index (χ1v) is 5.58. The van der Waals surface area contributed by atoms with Crippen LogP contribution >= 0.6 is 15.9 Å². The predicted molar refractivity (Wildman–Crippen MR) is 66.1 cm³/mol. The van der Waals surface area contributed by atoms with Crippen molar-refractivity contribution in [1.82, 2.24) is 4.98 Å². The highest BCUT2D eigenvalue weighted by molar-refractivity contribution is 9.10. The SMILES string of the molecule is O=C(O)CN(CC(=O)O)c1c(Br)cncc1[N+](=O)[O-]. The molecule has 10 heteroatoms. The molecule has 0 aliphatic heterocycles. The second-order valence-corrected chi connectivity index (χ2v) is 4.24. The number of rotatable bonds is 6. The van der Waals surface area contributed by atoms with Crippen LogP contribution in [0.3, 0.4) is 0 Å². The molecule has 0 aliphatic rings. The van der Waals surface area contributed by atoms with Crippen molar-refractivity contribution in [2.45, 2.75) is 0 Å². The summed E-state index contributed by atoms with van der Waals surface area (Å²) in [5.41, 5.74) is -0.610. The van der Waals surface area contributed by atoms with E-state index in [1.54, 1.807) is 0 Å². The van der Waals surface area contributed by atoms with E-state index >= 15 is 0 Å². The van der Waals surface area contributed by atoms with Gasteiger partial charge in [0.05, 0.1) is 9.40 Å². The normalized spacial score (nSPS) is 9.95. The van der Waals surface area contributed by atoms with Gasteiger partial charge in [0.25, 0.3) is 0 Å². The van der Waals surface area contributed by atoms with Gasteiger partial charge < -0.3 is 15.1 Å². The number of anilines is 1. The molecule has 0 radical (unpaired) electrons. The van der Waals surface area contributed by atoms with Gasteiger partial charge in [-0.05, 0) is 15.9 Å². The Kier molecular flexibility index (Phi) is 4.75. The van der Waals surface area contributed by atoms with Crippen molar-refractivity contribution < 1.29 is 24.7 Å². The average molecular weight is 334 g/mol. The minimum Gasteiger partial charge on any atom is -0.480 e. The Balaban J connectivity index is 3.31. The van der Waals surface area contributed by atoms with Crippen molar-refractivity contribution in [2.75, 3.05) is 18.0 Å². The van der Waals surface area contributed by atoms with Gasteiger partial charge in [0.2, 0.25) is 0 Å². The van der Waals surface area contributed by atoms with Gasteiger partial charge >= 0.3 is 17.6 Å². The van der Waals surface area contributed by atoms with E-state index in [1.807, 2.05) is 0 Å². The zero-order chi connectivity index (χ0) is 14.6. The topological polar surface area (TPSA) is 134 Å². The van der Waals surface area contributed by atoms with E-state index in [0.717, 1.165) is 11.1 Å². The van der Waals surface area contributed by atoms with Crippen LogP contribution in [0.15, 0.2) is 16.9 Å². The minimum atomic E-state index is -1.31. The van der Waals surface area contributed by atoms with E-state index in [0.29, 0.717) is 0 Å². The van der Waals surface area contributed by atoms with Crippen LogP contribution in [0.4, 0.5) is 11.4 Å². The highest BCUT2D eigenvalue weighted by Gasteiger charge is 2.26. The summed E-state index contributed by atoms with van der Waals surface area (Å²) in [5.74, 6) is -2.61. The van der Waals surface area contributed by atoms with Crippen molar-refractivity contribution in [3.05, 3.63) is 27.0 Å². The molecule has 0 saturated heterocycles. The number of halogens is 1. The summed E-state index contributed by atoms with van der Waals surface area (Å²) in [6.45, 7) is -1.37. The standard InChI is InChI=1S/C9H8BrN3O6/c10-5-1-11-2-6(13(18)19)9(5)12(3-7(14)15)4-8(16)17/h1-2H,3-4H2,(H,14,15)(H,16,17). The van der Waals surface area contributed by atoms with E-state index in [2.05, 4.69) is 20.9 Å². The molecule has 0 bridgehead atoms. The molecule has 9 nitrogen and oxygen atoms in total. The Hall–Kier alpha value is -2.23. The number of aliphatic carboxylic acids is 2. The molecule has 0 aromatic carbocycles. The number of nitro groups is 1. The third-order valence-corrected chi connectivity index (χ3v) is 2.60. The van der Waals surface area contributed by atoms with E-state index in [4.69, 9.17) is 10.2 Å². The molecule has 102 valence electrons. The van der Waals surface area contributed by atoms with Crippen molar-refractivity contribution in [1.29, 1.82) is 0 Å². The van der Waals surface area contributed by atoms with Crippen molar-refractivity contribution >= 4 is 39.2 Å². The van der Waals surface area contributed by atoms with Crippen LogP contribution in [0.25, 0.3) is 0 Å². The first-order chi connectivity index (χ1) is 8.82. The molecule has 0 aliphatic carbocycles. The smallest absolute Gasteiger partial charge is 0.323 e. The summed E-state index contributed by atoms with van der Waals surface area (Å²) < 4.78 is 0.143. The van der Waals surface area contributed by atoms with Crippen molar-refractivity contribution in [3.8, 4) is 0 Å². The van der Waals surface area contributed by atoms with E-state index in [1.165, 1.54) is 6.20 Å². The number of aromatic nitrogens is 1. The molecule has 0 saturated carbocycles. The zero-order valence-corrected chi connectivity index (χ0v) is 10.9. The van der Waals surface area contributed by atoms with Gasteiger partial charge in [-0.1, -0.05) is 0 Å². The van der Waals surface area contributed by atoms with Gasteiger partial charge in [0.1, 0.15) is 25.0 Å². The molecular weight excluding hydrogens is 326 g/mol. The average Bonchev–Trinajstić information content (AvgIpc) is 2.26. The van der Waals surface area contributed by atoms with Crippen LogP contribution in [0.1, 0.15) is 0 Å². The number of nitrogens with zero attached hydrogens (tertiary/aromatic N) is 3. The van der Waals surface area contributed by atoms with Crippen LogP contribution in [-0.4, -0.2) is 45.1 Å². The summed E-state index contributed by atoms with van der Waals surface area (Å²) in [6.07, 6.45) is 2.15. The minimum absolute atomic E-state index is 0.134. The second kappa shape index (κ2) is 6.09. The van der Waals surface area contributed by atoms with Crippen LogP contribution in [0.5, 0.6) is 0 Å². The molecule has 0 unspecified atom stereocenters. The number of carbonyl (C=O) groups is 2. The Bertz CT molecular complexity index is 519. The van der Waals surface area contributed by atoms with Crippen LogP contribution in [-0.2, 0) is 9.59 Å². The molecule has 1 aromatic rings. The highest BCUT2D eigenvalue weighted by atomic mass is 79.9. The molecule has 1 heterocycles. The lowest BCUT2D eigenvalue weighted by Gasteiger charge is -2.21. The molecule has 2 N–H and O–H groups in total. The molecular formula is C9H8BrN3O6. The quantitative estimate of drug-likeness (QED) is 0.574. The lowest BCUT2D eigenvalue weighted by Crippen LogP contribution is -2.35. The fourth-order valence-corrected chi connectivity index (χ4v) is 1.98. The van der Waals surface area contributed by atoms with Crippen molar-refractivity contribution in [3.63, 3.8) is 0 Å². The Morgan fingerprint density at radius 2 is 1.84 bits per heavy atom. The highest BCUT2D eigenvalue weighted by Crippen LogP contribution is 2.34. The van der Waals surface area contributed by atoms with Gasteiger partial charge in [-0.25, -0.2) is 0 Å². The Morgan fingerprint density at radius 3 is 2.26 bits per heavy atom. The van der Waals surface area contributed by atoms with Gasteiger partial charge in [-0.3, -0.25) is 24.7 Å². The lowest BCUT2D eigenvalue weighted by molar-refractivity contribution is -0.384. The molecule has 0 spiro atoms. The Morgan fingerprint density at radius 1 is 1.32 bits per heavy atom. The number of hydrogen-bond donors (Lipinski definition) is 2. The van der Waals surface area contributed by atoms with Gasteiger partial charge in [-0.15, -0.1) is 0 Å². The third kappa shape index (κ3) is 3.88. The molecule has 1 rings (SSSR count). The summed E-state index contributed by atoms with van der Waals surface area (Å²) in [6, 6.07) is 0. The largest absolute Gasteiger partial charge is 0.480 e. The maximum absolute atomic E-state index is 10.9. The van der Waals surface area contributed by atoms with E-state index < -0.39 is 35.6 Å². The van der Waals surface area contributed by atoms with Gasteiger partial charge in [0.15, 0.2) is 0 Å². The van der Waals surface area contributed by atoms with Gasteiger partial charge in [0, 0.05) is 6.20 Å². The number of carboxylic acids is 2. The number of hydrogen-bond acceptors (Lipinski definition) is 6. The van der Waals surface area contributed by atoms with E-state index in [-0.39, 0.29) is 10.2 Å². The fourth-order valence-electron chi connectivity index (χ4n) is 1.41. The summed E-state index contributed by atoms with van der Waals surface area (Å²) in [4.78, 5) is 36.0. The predicted octanol–water partition coefficient (Wildman–Crippen LogP) is 0.728. The molecule has 0 amide bonds. The monoisotopic (exact) mass is 333 g/mol. The van der Waals surface area contributed by atoms with Crippen molar-refractivity contribution in [2.24, 2.45) is 0 Å².